The first-order chi connectivity index (χ1) is 35.2. The van der Waals surface area contributed by atoms with E-state index < -0.39 is 0 Å². The smallest absolute Gasteiger partial charge is 0.166 e. The van der Waals surface area contributed by atoms with Crippen molar-refractivity contribution in [1.82, 2.24) is 19.1 Å². The van der Waals surface area contributed by atoms with Crippen molar-refractivity contribution in [3.63, 3.8) is 0 Å². The summed E-state index contributed by atoms with van der Waals surface area (Å²) in [6, 6.07) is 80.9. The molecule has 0 bridgehead atoms. The second kappa shape index (κ2) is 15.3. The number of nitrogens with zero attached hydrogens (tertiary/aromatic N) is 4. The first-order valence-electron chi connectivity index (χ1n) is 24.5. The molecule has 0 aliphatic rings. The molecule has 71 heavy (non-hydrogen) atoms. The molecule has 0 saturated heterocycles. The highest BCUT2D eigenvalue weighted by Gasteiger charge is 2.28. The standard InChI is InChI=1S/C66H42N4O/c1-2-46-63(49-29-16-23-40-18-10-11-26-47(40)49)67-66(68-64(46)52-30-17-32-56-61(52)51-28-12-14-31-55(51)69(56)45-24-4-3-5-25-45)62-57(35-34-50-48-27-13-15-33-60(48)71-65(50)62)70-58-38-43-21-8-6-19-41(43)36-53(58)54-37-42-20-7-9-22-44(42)39-59(54)70/h3-39H,2H2,1H3. The Morgan fingerprint density at radius 1 is 0.394 bits per heavy atom. The van der Waals surface area contributed by atoms with Crippen LogP contribution < -0.4 is 0 Å². The second-order valence-corrected chi connectivity index (χ2v) is 18.7. The van der Waals surface area contributed by atoms with Gasteiger partial charge in [-0.15, -0.1) is 0 Å². The van der Waals surface area contributed by atoms with Crippen molar-refractivity contribution < 1.29 is 4.42 Å². The molecule has 15 rings (SSSR count). The fraction of sp³-hybridized carbons (Fsp3) is 0.0303. The Bertz CT molecular complexity index is 4590. The van der Waals surface area contributed by atoms with Crippen LogP contribution in [0.5, 0.6) is 0 Å². The van der Waals surface area contributed by atoms with Gasteiger partial charge in [0.2, 0.25) is 0 Å². The molecule has 0 spiro atoms. The fourth-order valence-electron chi connectivity index (χ4n) is 11.7. The van der Waals surface area contributed by atoms with Crippen LogP contribution in [0.1, 0.15) is 12.5 Å². The Morgan fingerprint density at radius 2 is 0.944 bits per heavy atom. The predicted octanol–water partition coefficient (Wildman–Crippen LogP) is 17.6. The number of hydrogen-bond donors (Lipinski definition) is 0. The maximum Gasteiger partial charge on any atom is 0.166 e. The third kappa shape index (κ3) is 5.87. The van der Waals surface area contributed by atoms with Gasteiger partial charge >= 0.3 is 0 Å². The van der Waals surface area contributed by atoms with Gasteiger partial charge in [0.1, 0.15) is 11.2 Å². The van der Waals surface area contributed by atoms with Crippen LogP contribution in [0.3, 0.4) is 0 Å². The molecule has 0 aliphatic heterocycles. The Labute approximate surface area is 408 Å². The van der Waals surface area contributed by atoms with Crippen LogP contribution >= 0.6 is 0 Å². The zero-order valence-electron chi connectivity index (χ0n) is 38.8. The lowest BCUT2D eigenvalue weighted by molar-refractivity contribution is 0.669. The maximum absolute atomic E-state index is 7.14. The highest BCUT2D eigenvalue weighted by atomic mass is 16.3. The van der Waals surface area contributed by atoms with Crippen LogP contribution in [0.2, 0.25) is 0 Å². The van der Waals surface area contributed by atoms with Crippen LogP contribution in [0.15, 0.2) is 229 Å². The van der Waals surface area contributed by atoms with E-state index in [1.165, 1.54) is 37.7 Å². The molecule has 5 nitrogen and oxygen atoms in total. The molecule has 0 aliphatic carbocycles. The Balaban J connectivity index is 1.12. The molecule has 0 saturated carbocycles. The van der Waals surface area contributed by atoms with Gasteiger partial charge in [-0.1, -0.05) is 165 Å². The van der Waals surface area contributed by atoms with E-state index in [0.717, 1.165) is 105 Å². The lowest BCUT2D eigenvalue weighted by atomic mass is 9.93. The quantitative estimate of drug-likeness (QED) is 0.167. The average molecular weight is 907 g/mol. The van der Waals surface area contributed by atoms with Crippen molar-refractivity contribution in [3.05, 3.63) is 230 Å². The van der Waals surface area contributed by atoms with Crippen LogP contribution in [-0.4, -0.2) is 19.1 Å². The summed E-state index contributed by atoms with van der Waals surface area (Å²) in [5.74, 6) is 0.597. The molecule has 5 heteroatoms. The second-order valence-electron chi connectivity index (χ2n) is 18.7. The zero-order chi connectivity index (χ0) is 46.7. The van der Waals surface area contributed by atoms with Crippen molar-refractivity contribution in [3.8, 4) is 45.3 Å². The van der Waals surface area contributed by atoms with Gasteiger partial charge in [0.05, 0.1) is 44.7 Å². The molecule has 0 N–H and O–H groups in total. The summed E-state index contributed by atoms with van der Waals surface area (Å²) >= 11 is 0. The topological polar surface area (TPSA) is 48.8 Å². The van der Waals surface area contributed by atoms with Gasteiger partial charge in [-0.05, 0) is 105 Å². The van der Waals surface area contributed by atoms with Crippen LogP contribution in [0.25, 0.3) is 143 Å². The summed E-state index contributed by atoms with van der Waals surface area (Å²) < 4.78 is 12.0. The molecule has 4 aromatic heterocycles. The normalized spacial score (nSPS) is 12.1. The van der Waals surface area contributed by atoms with Gasteiger partial charge < -0.3 is 13.6 Å². The highest BCUT2D eigenvalue weighted by molar-refractivity contribution is 6.19. The van der Waals surface area contributed by atoms with Crippen LogP contribution in [0, 0.1) is 0 Å². The lowest BCUT2D eigenvalue weighted by Crippen LogP contribution is -2.06. The predicted molar refractivity (Wildman–Crippen MR) is 296 cm³/mol. The van der Waals surface area contributed by atoms with Gasteiger partial charge in [0.15, 0.2) is 5.82 Å². The summed E-state index contributed by atoms with van der Waals surface area (Å²) in [6.45, 7) is 2.24. The van der Waals surface area contributed by atoms with Crippen LogP contribution in [0.4, 0.5) is 0 Å². The van der Waals surface area contributed by atoms with Crippen molar-refractivity contribution >= 4 is 97.9 Å². The van der Waals surface area contributed by atoms with Crippen molar-refractivity contribution in [2.45, 2.75) is 13.3 Å². The van der Waals surface area contributed by atoms with Gasteiger partial charge in [-0.3, -0.25) is 0 Å². The number of aromatic nitrogens is 4. The van der Waals surface area contributed by atoms with Gasteiger partial charge in [-0.25, -0.2) is 9.97 Å². The largest absolute Gasteiger partial charge is 0.455 e. The van der Waals surface area contributed by atoms with E-state index in [0.29, 0.717) is 12.2 Å². The minimum atomic E-state index is 0.597. The monoisotopic (exact) mass is 906 g/mol. The summed E-state index contributed by atoms with van der Waals surface area (Å²) in [7, 11) is 0. The Hall–Kier alpha value is -9.32. The minimum absolute atomic E-state index is 0.597. The zero-order valence-corrected chi connectivity index (χ0v) is 38.8. The van der Waals surface area contributed by atoms with Gasteiger partial charge in [-0.2, -0.15) is 0 Å². The highest BCUT2D eigenvalue weighted by Crippen LogP contribution is 2.47. The van der Waals surface area contributed by atoms with E-state index >= 15 is 0 Å². The first-order valence-corrected chi connectivity index (χ1v) is 24.5. The molecule has 332 valence electrons. The van der Waals surface area contributed by atoms with Crippen molar-refractivity contribution in [2.24, 2.45) is 0 Å². The molecule has 15 aromatic rings. The third-order valence-electron chi connectivity index (χ3n) is 14.9. The lowest BCUT2D eigenvalue weighted by Gasteiger charge is -2.19. The van der Waals surface area contributed by atoms with E-state index in [2.05, 4.69) is 234 Å². The van der Waals surface area contributed by atoms with E-state index in [4.69, 9.17) is 14.4 Å². The molecule has 11 aromatic carbocycles. The summed E-state index contributed by atoms with van der Waals surface area (Å²) in [6.07, 6.45) is 0.705. The summed E-state index contributed by atoms with van der Waals surface area (Å²) in [4.78, 5) is 11.8. The molecule has 0 atom stereocenters. The molecular weight excluding hydrogens is 865 g/mol. The Kier molecular flexibility index (Phi) is 8.57. The Morgan fingerprint density at radius 3 is 1.66 bits per heavy atom. The minimum Gasteiger partial charge on any atom is -0.455 e. The number of hydrogen-bond acceptors (Lipinski definition) is 3. The van der Waals surface area contributed by atoms with E-state index in [1.54, 1.807) is 0 Å². The SMILES string of the molecule is CCc1c(-c2cccc3ccccc23)nc(-c2c(-n3c4cc5ccccc5cc4c4cc5ccccc5cc43)ccc3c2oc2ccccc23)nc1-c1cccc2c1c1ccccc1n2-c1ccccc1. The number of para-hydroxylation sites is 3. The fourth-order valence-corrected chi connectivity index (χ4v) is 11.7. The van der Waals surface area contributed by atoms with E-state index in [1.807, 2.05) is 6.07 Å². The number of benzene rings is 11. The summed E-state index contributed by atoms with van der Waals surface area (Å²) in [5.41, 5.74) is 13.9. The first kappa shape index (κ1) is 39.7. The molecule has 0 unspecified atom stereocenters. The van der Waals surface area contributed by atoms with E-state index in [9.17, 15) is 0 Å². The van der Waals surface area contributed by atoms with Crippen molar-refractivity contribution in [2.75, 3.05) is 0 Å². The van der Waals surface area contributed by atoms with E-state index in [-0.39, 0.29) is 0 Å². The third-order valence-corrected chi connectivity index (χ3v) is 14.9. The van der Waals surface area contributed by atoms with Gasteiger partial charge in [0, 0.05) is 54.7 Å². The molecule has 0 fully saturated rings. The molecule has 0 amide bonds. The number of fused-ring (bicyclic) bond motifs is 12. The molecule has 4 heterocycles. The van der Waals surface area contributed by atoms with Gasteiger partial charge in [0.25, 0.3) is 0 Å². The average Bonchev–Trinajstić information content (AvgIpc) is 4.08. The number of rotatable bonds is 6. The summed E-state index contributed by atoms with van der Waals surface area (Å²) in [5, 5.41) is 13.8. The molecular formula is C66H42N4O. The number of furan rings is 1. The van der Waals surface area contributed by atoms with Crippen molar-refractivity contribution in [1.29, 1.82) is 0 Å². The van der Waals surface area contributed by atoms with Crippen LogP contribution in [-0.2, 0) is 6.42 Å². The maximum atomic E-state index is 7.14. The molecule has 0 radical (unpaired) electrons.